The summed E-state index contributed by atoms with van der Waals surface area (Å²) in [6, 6.07) is 4.56. The van der Waals surface area contributed by atoms with Gasteiger partial charge in [-0.2, -0.15) is 5.10 Å². The van der Waals surface area contributed by atoms with Gasteiger partial charge in [0.05, 0.1) is 17.2 Å². The molecular formula is C16H20N4O4S. The molecule has 0 saturated carbocycles. The molecule has 1 aliphatic heterocycles. The molecule has 0 aliphatic carbocycles. The Bertz CT molecular complexity index is 907. The number of aromatic nitrogens is 2. The Morgan fingerprint density at radius 2 is 2.12 bits per heavy atom. The normalized spacial score (nSPS) is 18.3. The van der Waals surface area contributed by atoms with Gasteiger partial charge in [-0.3, -0.25) is 14.8 Å². The molecule has 25 heavy (non-hydrogen) atoms. The number of rotatable bonds is 4. The third kappa shape index (κ3) is 3.51. The number of anilines is 1. The predicted octanol–water partition coefficient (Wildman–Crippen LogP) is 2.34. The van der Waals surface area contributed by atoms with E-state index in [0.29, 0.717) is 18.8 Å². The Kier molecular flexibility index (Phi) is 4.51. The Morgan fingerprint density at radius 3 is 2.72 bits per heavy atom. The van der Waals surface area contributed by atoms with Gasteiger partial charge in [0, 0.05) is 25.5 Å². The Morgan fingerprint density at radius 1 is 1.36 bits per heavy atom. The molecule has 1 fully saturated rings. The highest BCUT2D eigenvalue weighted by molar-refractivity contribution is 7.90. The van der Waals surface area contributed by atoms with Gasteiger partial charge in [0.25, 0.3) is 0 Å². The van der Waals surface area contributed by atoms with Crippen LogP contribution in [0.4, 0.5) is 11.4 Å². The van der Waals surface area contributed by atoms with Crippen LogP contribution in [0.5, 0.6) is 0 Å². The molecule has 0 bridgehead atoms. The lowest BCUT2D eigenvalue weighted by atomic mass is 10.0. The summed E-state index contributed by atoms with van der Waals surface area (Å²) in [4.78, 5) is 12.6. The lowest BCUT2D eigenvalue weighted by Crippen LogP contribution is -2.37. The fourth-order valence-electron chi connectivity index (χ4n) is 3.27. The molecule has 0 spiro atoms. The third-order valence-corrected chi connectivity index (χ3v) is 5.53. The molecule has 2 aromatic rings. The molecular weight excluding hydrogens is 344 g/mol. The highest BCUT2D eigenvalue weighted by Crippen LogP contribution is 2.37. The maximum atomic E-state index is 11.9. The molecule has 0 radical (unpaired) electrons. The number of aryl methyl sites for hydroxylation is 1. The highest BCUT2D eigenvalue weighted by atomic mass is 32.2. The molecule has 134 valence electrons. The summed E-state index contributed by atoms with van der Waals surface area (Å²) in [6.45, 7) is 3.16. The molecule has 0 N–H and O–H groups in total. The predicted molar refractivity (Wildman–Crippen MR) is 93.7 cm³/mol. The van der Waals surface area contributed by atoms with Crippen molar-refractivity contribution in [1.29, 1.82) is 0 Å². The van der Waals surface area contributed by atoms with Crippen molar-refractivity contribution < 1.29 is 13.3 Å². The Labute approximate surface area is 146 Å². The number of benzene rings is 1. The SMILES string of the molecule is Cc1cnn(C2CCCN(c3cccc(S(C)(=O)=O)c3[N+](=O)[O-])C2)c1. The van der Waals surface area contributed by atoms with Crippen LogP contribution in [0.15, 0.2) is 35.5 Å². The first-order chi connectivity index (χ1) is 11.8. The maximum Gasteiger partial charge on any atom is 0.311 e. The quantitative estimate of drug-likeness (QED) is 0.610. The van der Waals surface area contributed by atoms with E-state index in [-0.39, 0.29) is 16.6 Å². The number of nitrogens with zero attached hydrogens (tertiary/aromatic N) is 4. The zero-order valence-corrected chi connectivity index (χ0v) is 14.9. The second kappa shape index (κ2) is 6.47. The minimum absolute atomic E-state index is 0.101. The minimum Gasteiger partial charge on any atom is -0.364 e. The monoisotopic (exact) mass is 364 g/mol. The number of hydrogen-bond donors (Lipinski definition) is 0. The van der Waals surface area contributed by atoms with Crippen LogP contribution in [0.2, 0.25) is 0 Å². The van der Waals surface area contributed by atoms with Crippen LogP contribution in [-0.4, -0.2) is 42.5 Å². The largest absolute Gasteiger partial charge is 0.364 e. The van der Waals surface area contributed by atoms with Crippen LogP contribution >= 0.6 is 0 Å². The second-order valence-electron chi connectivity index (χ2n) is 6.39. The number of para-hydroxylation sites is 1. The average molecular weight is 364 g/mol. The zero-order valence-electron chi connectivity index (χ0n) is 14.1. The summed E-state index contributed by atoms with van der Waals surface area (Å²) in [7, 11) is -3.69. The van der Waals surface area contributed by atoms with Crippen molar-refractivity contribution >= 4 is 21.2 Å². The van der Waals surface area contributed by atoms with E-state index in [1.807, 2.05) is 22.7 Å². The number of sulfone groups is 1. The maximum absolute atomic E-state index is 11.9. The van der Waals surface area contributed by atoms with Crippen molar-refractivity contribution in [3.05, 3.63) is 46.3 Å². The topological polar surface area (TPSA) is 98.3 Å². The van der Waals surface area contributed by atoms with Crippen LogP contribution in [0.1, 0.15) is 24.4 Å². The minimum atomic E-state index is -3.69. The van der Waals surface area contributed by atoms with E-state index in [2.05, 4.69) is 5.10 Å². The van der Waals surface area contributed by atoms with E-state index in [4.69, 9.17) is 0 Å². The lowest BCUT2D eigenvalue weighted by Gasteiger charge is -2.34. The van der Waals surface area contributed by atoms with E-state index in [0.717, 1.165) is 24.7 Å². The zero-order chi connectivity index (χ0) is 18.2. The molecule has 1 aromatic heterocycles. The van der Waals surface area contributed by atoms with E-state index in [1.165, 1.54) is 6.07 Å². The average Bonchev–Trinajstić information content (AvgIpc) is 3.00. The number of hydrogen-bond acceptors (Lipinski definition) is 6. The molecule has 0 amide bonds. The van der Waals surface area contributed by atoms with Gasteiger partial charge >= 0.3 is 5.69 Å². The molecule has 1 saturated heterocycles. The first-order valence-corrected chi connectivity index (χ1v) is 9.89. The standard InChI is InChI=1S/C16H20N4O4S/c1-12-9-17-19(10-12)13-5-4-8-18(11-13)14-6-3-7-15(25(2,23)24)16(14)20(21)22/h3,6-7,9-10,13H,4-5,8,11H2,1-2H3. The van der Waals surface area contributed by atoms with E-state index in [9.17, 15) is 18.5 Å². The van der Waals surface area contributed by atoms with Gasteiger partial charge in [0.2, 0.25) is 0 Å². The molecule has 9 heteroatoms. The van der Waals surface area contributed by atoms with Gasteiger partial charge in [-0.15, -0.1) is 0 Å². The molecule has 3 rings (SSSR count). The van der Waals surface area contributed by atoms with Crippen LogP contribution in [0, 0.1) is 17.0 Å². The summed E-state index contributed by atoms with van der Waals surface area (Å²) in [6.07, 6.45) is 6.51. The van der Waals surface area contributed by atoms with Gasteiger partial charge in [-0.1, -0.05) is 6.07 Å². The smallest absolute Gasteiger partial charge is 0.311 e. The van der Waals surface area contributed by atoms with Crippen molar-refractivity contribution in [1.82, 2.24) is 9.78 Å². The van der Waals surface area contributed by atoms with Crippen LogP contribution in [0.25, 0.3) is 0 Å². The molecule has 1 aliphatic rings. The van der Waals surface area contributed by atoms with Crippen molar-refractivity contribution in [3.8, 4) is 0 Å². The van der Waals surface area contributed by atoms with Gasteiger partial charge in [-0.25, -0.2) is 8.42 Å². The number of nitro benzene ring substituents is 1. The fourth-order valence-corrected chi connectivity index (χ4v) is 4.13. The summed E-state index contributed by atoms with van der Waals surface area (Å²) in [5, 5.41) is 15.9. The van der Waals surface area contributed by atoms with Crippen molar-refractivity contribution in [2.45, 2.75) is 30.7 Å². The summed E-state index contributed by atoms with van der Waals surface area (Å²) < 4.78 is 25.8. The first-order valence-electron chi connectivity index (χ1n) is 8.00. The number of piperidine rings is 1. The van der Waals surface area contributed by atoms with Crippen LogP contribution < -0.4 is 4.90 Å². The van der Waals surface area contributed by atoms with Crippen molar-refractivity contribution in [2.24, 2.45) is 0 Å². The van der Waals surface area contributed by atoms with Crippen LogP contribution in [0.3, 0.4) is 0 Å². The van der Waals surface area contributed by atoms with E-state index < -0.39 is 14.8 Å². The van der Waals surface area contributed by atoms with E-state index in [1.54, 1.807) is 18.3 Å². The number of nitro groups is 1. The lowest BCUT2D eigenvalue weighted by molar-refractivity contribution is -0.387. The van der Waals surface area contributed by atoms with Gasteiger partial charge in [0.15, 0.2) is 9.84 Å². The van der Waals surface area contributed by atoms with Crippen LogP contribution in [-0.2, 0) is 9.84 Å². The summed E-state index contributed by atoms with van der Waals surface area (Å²) in [5.41, 5.74) is 1.06. The Hall–Kier alpha value is -2.42. The Balaban J connectivity index is 2.00. The fraction of sp³-hybridized carbons (Fsp3) is 0.438. The first kappa shape index (κ1) is 17.4. The van der Waals surface area contributed by atoms with Crippen molar-refractivity contribution in [2.75, 3.05) is 24.2 Å². The summed E-state index contributed by atoms with van der Waals surface area (Å²) in [5.74, 6) is 0. The second-order valence-corrected chi connectivity index (χ2v) is 8.38. The van der Waals surface area contributed by atoms with Gasteiger partial charge in [-0.05, 0) is 37.5 Å². The van der Waals surface area contributed by atoms with Gasteiger partial charge < -0.3 is 4.90 Å². The molecule has 1 unspecified atom stereocenters. The highest BCUT2D eigenvalue weighted by Gasteiger charge is 2.31. The van der Waals surface area contributed by atoms with Gasteiger partial charge in [0.1, 0.15) is 10.6 Å². The third-order valence-electron chi connectivity index (χ3n) is 4.40. The molecule has 2 heterocycles. The van der Waals surface area contributed by atoms with E-state index >= 15 is 0 Å². The van der Waals surface area contributed by atoms with Crippen molar-refractivity contribution in [3.63, 3.8) is 0 Å². The molecule has 1 atom stereocenters. The molecule has 1 aromatic carbocycles. The summed E-state index contributed by atoms with van der Waals surface area (Å²) >= 11 is 0. The molecule has 8 nitrogen and oxygen atoms in total.